The molecule has 0 radical (unpaired) electrons. The summed E-state index contributed by atoms with van der Waals surface area (Å²) in [4.78, 5) is 9.43. The van der Waals surface area contributed by atoms with Crippen molar-refractivity contribution < 1.29 is 4.39 Å². The summed E-state index contributed by atoms with van der Waals surface area (Å²) in [5.74, 6) is 1.26. The highest BCUT2D eigenvalue weighted by atomic mass is 19.1. The van der Waals surface area contributed by atoms with Gasteiger partial charge < -0.3 is 20.4 Å². The molecule has 1 heterocycles. The second kappa shape index (κ2) is 9.70. The first-order valence-corrected chi connectivity index (χ1v) is 10.7. The van der Waals surface area contributed by atoms with E-state index in [1.165, 1.54) is 13.1 Å². The van der Waals surface area contributed by atoms with Gasteiger partial charge in [0.1, 0.15) is 5.82 Å². The highest BCUT2D eigenvalue weighted by Crippen LogP contribution is 2.48. The van der Waals surface area contributed by atoms with E-state index in [2.05, 4.69) is 39.3 Å². The lowest BCUT2D eigenvalue weighted by Crippen LogP contribution is -2.49. The number of benzene rings is 1. The summed E-state index contributed by atoms with van der Waals surface area (Å²) in [5, 5.41) is 6.88. The molecule has 1 aromatic carbocycles. The third kappa shape index (κ3) is 5.45. The van der Waals surface area contributed by atoms with Gasteiger partial charge in [0.05, 0.1) is 0 Å². The first kappa shape index (κ1) is 21.1. The molecule has 1 aliphatic heterocycles. The van der Waals surface area contributed by atoms with Gasteiger partial charge in [0.15, 0.2) is 5.96 Å². The van der Waals surface area contributed by atoms with Crippen LogP contribution in [0.1, 0.15) is 32.3 Å². The SMILES string of the molecule is CCN1CCN(CC(C)CNC(=NC)NCC2(c3ccccc3F)CC2)CC1. The van der Waals surface area contributed by atoms with Crippen molar-refractivity contribution in [3.63, 3.8) is 0 Å². The van der Waals surface area contributed by atoms with E-state index in [4.69, 9.17) is 0 Å². The molecule has 28 heavy (non-hydrogen) atoms. The van der Waals surface area contributed by atoms with Crippen LogP contribution in [0.25, 0.3) is 0 Å². The maximum Gasteiger partial charge on any atom is 0.191 e. The molecule has 0 amide bonds. The molecule has 2 fully saturated rings. The number of guanidine groups is 1. The highest BCUT2D eigenvalue weighted by Gasteiger charge is 2.45. The summed E-state index contributed by atoms with van der Waals surface area (Å²) in [6.07, 6.45) is 2.05. The normalized spacial score (nSPS) is 21.4. The molecule has 0 spiro atoms. The molecule has 1 aliphatic carbocycles. The Balaban J connectivity index is 1.41. The summed E-state index contributed by atoms with van der Waals surface area (Å²) in [6.45, 7) is 13.1. The number of hydrogen-bond donors (Lipinski definition) is 2. The van der Waals surface area contributed by atoms with Gasteiger partial charge in [0, 0.05) is 58.3 Å². The average molecular weight is 390 g/mol. The molecule has 2 aliphatic rings. The molecule has 1 unspecified atom stereocenters. The van der Waals surface area contributed by atoms with Crippen molar-refractivity contribution in [2.24, 2.45) is 10.9 Å². The first-order chi connectivity index (χ1) is 13.6. The molecule has 3 rings (SSSR count). The Labute approximate surface area is 169 Å². The van der Waals surface area contributed by atoms with Crippen LogP contribution in [-0.4, -0.2) is 75.2 Å². The average Bonchev–Trinajstić information content (AvgIpc) is 3.50. The van der Waals surface area contributed by atoms with Crippen LogP contribution < -0.4 is 10.6 Å². The molecule has 1 saturated carbocycles. The molecule has 0 bridgehead atoms. The van der Waals surface area contributed by atoms with Gasteiger partial charge in [-0.3, -0.25) is 4.99 Å². The van der Waals surface area contributed by atoms with Crippen molar-refractivity contribution in [3.8, 4) is 0 Å². The topological polar surface area (TPSA) is 42.9 Å². The quantitative estimate of drug-likeness (QED) is 0.529. The van der Waals surface area contributed by atoms with Crippen molar-refractivity contribution in [1.82, 2.24) is 20.4 Å². The van der Waals surface area contributed by atoms with Gasteiger partial charge in [-0.2, -0.15) is 0 Å². The summed E-state index contributed by atoms with van der Waals surface area (Å²) >= 11 is 0. The molecule has 1 saturated heterocycles. The van der Waals surface area contributed by atoms with Crippen LogP contribution in [0.4, 0.5) is 4.39 Å². The van der Waals surface area contributed by atoms with Crippen molar-refractivity contribution in [3.05, 3.63) is 35.6 Å². The molecular formula is C22H36FN5. The van der Waals surface area contributed by atoms with Gasteiger partial charge in [-0.05, 0) is 36.9 Å². The third-order valence-corrected chi connectivity index (χ3v) is 6.22. The lowest BCUT2D eigenvalue weighted by Gasteiger charge is -2.35. The Kier molecular flexibility index (Phi) is 7.30. The minimum absolute atomic E-state index is 0.0759. The maximum absolute atomic E-state index is 14.2. The van der Waals surface area contributed by atoms with Crippen molar-refractivity contribution >= 4 is 5.96 Å². The monoisotopic (exact) mass is 389 g/mol. The van der Waals surface area contributed by atoms with Crippen LogP contribution in [0.5, 0.6) is 0 Å². The lowest BCUT2D eigenvalue weighted by molar-refractivity contribution is 0.124. The van der Waals surface area contributed by atoms with Crippen molar-refractivity contribution in [1.29, 1.82) is 0 Å². The Hall–Kier alpha value is -1.66. The van der Waals surface area contributed by atoms with Crippen molar-refractivity contribution in [2.75, 3.05) is 59.4 Å². The Bertz CT molecular complexity index is 650. The van der Waals surface area contributed by atoms with E-state index < -0.39 is 0 Å². The van der Waals surface area contributed by atoms with Crippen LogP contribution in [-0.2, 0) is 5.41 Å². The number of hydrogen-bond acceptors (Lipinski definition) is 3. The number of piperazine rings is 1. The fourth-order valence-corrected chi connectivity index (χ4v) is 4.12. The predicted octanol–water partition coefficient (Wildman–Crippen LogP) is 2.30. The smallest absolute Gasteiger partial charge is 0.191 e. The molecule has 5 nitrogen and oxygen atoms in total. The molecule has 6 heteroatoms. The number of nitrogens with one attached hydrogen (secondary N) is 2. The van der Waals surface area contributed by atoms with Gasteiger partial charge in [0.2, 0.25) is 0 Å². The summed E-state index contributed by atoms with van der Waals surface area (Å²) < 4.78 is 14.2. The minimum atomic E-state index is -0.0958. The number of likely N-dealkylation sites (N-methyl/N-ethyl adjacent to an activating group) is 1. The van der Waals surface area contributed by atoms with Crippen LogP contribution >= 0.6 is 0 Å². The molecule has 2 N–H and O–H groups in total. The fraction of sp³-hybridized carbons (Fsp3) is 0.682. The highest BCUT2D eigenvalue weighted by molar-refractivity contribution is 5.79. The number of aliphatic imine (C=N–C) groups is 1. The number of rotatable bonds is 8. The summed E-state index contributed by atoms with van der Waals surface area (Å²) in [6, 6.07) is 7.16. The van der Waals surface area contributed by atoms with Gasteiger partial charge in [-0.15, -0.1) is 0 Å². The maximum atomic E-state index is 14.2. The molecule has 1 aromatic rings. The van der Waals surface area contributed by atoms with Gasteiger partial charge in [-0.25, -0.2) is 4.39 Å². The zero-order valence-electron chi connectivity index (χ0n) is 17.7. The van der Waals surface area contributed by atoms with Crippen LogP contribution in [0, 0.1) is 11.7 Å². The minimum Gasteiger partial charge on any atom is -0.356 e. The van der Waals surface area contributed by atoms with E-state index in [1.807, 2.05) is 12.1 Å². The van der Waals surface area contributed by atoms with E-state index in [0.29, 0.717) is 5.92 Å². The van der Waals surface area contributed by atoms with E-state index in [1.54, 1.807) is 19.2 Å². The second-order valence-corrected chi connectivity index (χ2v) is 8.41. The third-order valence-electron chi connectivity index (χ3n) is 6.22. The van der Waals surface area contributed by atoms with Crippen molar-refractivity contribution in [2.45, 2.75) is 32.1 Å². The van der Waals surface area contributed by atoms with Gasteiger partial charge in [0.25, 0.3) is 0 Å². The zero-order valence-corrected chi connectivity index (χ0v) is 17.7. The Morgan fingerprint density at radius 3 is 2.43 bits per heavy atom. The lowest BCUT2D eigenvalue weighted by atomic mass is 9.95. The number of nitrogens with zero attached hydrogens (tertiary/aromatic N) is 3. The van der Waals surface area contributed by atoms with Crippen LogP contribution in [0.3, 0.4) is 0 Å². The fourth-order valence-electron chi connectivity index (χ4n) is 4.12. The zero-order chi connectivity index (χ0) is 20.0. The Morgan fingerprint density at radius 1 is 1.14 bits per heavy atom. The standard InChI is InChI=1S/C22H36FN5/c1-4-27-11-13-28(14-12-27)16-18(2)15-25-21(24-3)26-17-22(9-10-22)19-7-5-6-8-20(19)23/h5-8,18H,4,9-17H2,1-3H3,(H2,24,25,26). The van der Waals surface area contributed by atoms with Gasteiger partial charge in [-0.1, -0.05) is 32.0 Å². The largest absolute Gasteiger partial charge is 0.356 e. The summed E-state index contributed by atoms with van der Waals surface area (Å²) in [7, 11) is 1.80. The second-order valence-electron chi connectivity index (χ2n) is 8.41. The summed E-state index contributed by atoms with van der Waals surface area (Å²) in [5.41, 5.74) is 0.755. The van der Waals surface area contributed by atoms with E-state index in [9.17, 15) is 4.39 Å². The molecular weight excluding hydrogens is 353 g/mol. The first-order valence-electron chi connectivity index (χ1n) is 10.7. The van der Waals surface area contributed by atoms with E-state index in [0.717, 1.165) is 63.6 Å². The van der Waals surface area contributed by atoms with Gasteiger partial charge >= 0.3 is 0 Å². The molecule has 0 aromatic heterocycles. The molecule has 156 valence electrons. The van der Waals surface area contributed by atoms with E-state index in [-0.39, 0.29) is 11.2 Å². The van der Waals surface area contributed by atoms with Crippen LogP contribution in [0.2, 0.25) is 0 Å². The van der Waals surface area contributed by atoms with Crippen LogP contribution in [0.15, 0.2) is 29.3 Å². The predicted molar refractivity (Wildman–Crippen MR) is 114 cm³/mol. The number of halogens is 1. The Morgan fingerprint density at radius 2 is 1.82 bits per heavy atom. The van der Waals surface area contributed by atoms with E-state index >= 15 is 0 Å². The molecule has 1 atom stereocenters.